The zero-order chi connectivity index (χ0) is 20.9. The van der Waals surface area contributed by atoms with Crippen molar-refractivity contribution < 1.29 is 9.53 Å². The molecule has 0 aliphatic heterocycles. The van der Waals surface area contributed by atoms with Crippen LogP contribution < -0.4 is 5.32 Å². The largest absolute Gasteiger partial charge is 0.462 e. The van der Waals surface area contributed by atoms with Gasteiger partial charge in [0.05, 0.1) is 29.7 Å². The number of esters is 1. The fourth-order valence-corrected chi connectivity index (χ4v) is 3.45. The number of para-hydroxylation sites is 2. The van der Waals surface area contributed by atoms with E-state index in [4.69, 9.17) is 21.3 Å². The predicted molar refractivity (Wildman–Crippen MR) is 120 cm³/mol. The third-order valence-electron chi connectivity index (χ3n) is 4.83. The maximum absolute atomic E-state index is 11.8. The minimum atomic E-state index is -0.311. The third-order valence-corrected chi connectivity index (χ3v) is 5.09. The average molecular weight is 420 g/mol. The zero-order valence-electron chi connectivity index (χ0n) is 16.6. The smallest absolute Gasteiger partial charge is 0.338 e. The van der Waals surface area contributed by atoms with Gasteiger partial charge in [0.25, 0.3) is 0 Å². The second-order valence-electron chi connectivity index (χ2n) is 6.88. The Hall–Kier alpha value is -3.31. The Morgan fingerprint density at radius 1 is 1.03 bits per heavy atom. The van der Waals surface area contributed by atoms with Gasteiger partial charge in [0.15, 0.2) is 0 Å². The van der Waals surface area contributed by atoms with Crippen LogP contribution in [-0.2, 0) is 17.8 Å². The number of fused-ring (bicyclic) bond motifs is 1. The summed E-state index contributed by atoms with van der Waals surface area (Å²) in [5.74, 6) is 0.620. The number of ether oxygens (including phenoxy) is 1. The van der Waals surface area contributed by atoms with E-state index >= 15 is 0 Å². The Morgan fingerprint density at radius 2 is 1.77 bits per heavy atom. The first-order valence-electron chi connectivity index (χ1n) is 9.83. The molecule has 0 unspecified atom stereocenters. The monoisotopic (exact) mass is 419 g/mol. The molecular formula is C24H22ClN3O2. The Bertz CT molecular complexity index is 1150. The molecule has 30 heavy (non-hydrogen) atoms. The van der Waals surface area contributed by atoms with Gasteiger partial charge in [0, 0.05) is 17.3 Å². The first-order valence-corrected chi connectivity index (χ1v) is 10.2. The van der Waals surface area contributed by atoms with Gasteiger partial charge in [-0.2, -0.15) is 0 Å². The number of rotatable bonds is 7. The number of nitrogens with one attached hydrogen (secondary N) is 1. The van der Waals surface area contributed by atoms with Gasteiger partial charge in [-0.15, -0.1) is 0 Å². The second-order valence-corrected chi connectivity index (χ2v) is 7.32. The molecule has 4 aromatic rings. The molecule has 0 atom stereocenters. The molecule has 0 saturated carbocycles. The van der Waals surface area contributed by atoms with Crippen molar-refractivity contribution in [3.8, 4) is 0 Å². The number of anilines is 1. The van der Waals surface area contributed by atoms with E-state index in [9.17, 15) is 4.79 Å². The average Bonchev–Trinajstić information content (AvgIpc) is 3.12. The Morgan fingerprint density at radius 3 is 2.50 bits per heavy atom. The number of benzene rings is 3. The van der Waals surface area contributed by atoms with E-state index in [1.807, 2.05) is 54.6 Å². The van der Waals surface area contributed by atoms with E-state index in [1.54, 1.807) is 19.1 Å². The summed E-state index contributed by atoms with van der Waals surface area (Å²) in [5, 5.41) is 4.12. The first-order chi connectivity index (χ1) is 14.6. The summed E-state index contributed by atoms with van der Waals surface area (Å²) >= 11 is 6.03. The van der Waals surface area contributed by atoms with Crippen molar-refractivity contribution in [2.75, 3.05) is 11.9 Å². The number of aromatic nitrogens is 2. The van der Waals surface area contributed by atoms with Gasteiger partial charge in [0.2, 0.25) is 0 Å². The maximum atomic E-state index is 11.8. The van der Waals surface area contributed by atoms with E-state index < -0.39 is 0 Å². The zero-order valence-corrected chi connectivity index (χ0v) is 17.4. The van der Waals surface area contributed by atoms with Crippen LogP contribution in [0.1, 0.15) is 28.7 Å². The van der Waals surface area contributed by atoms with Crippen LogP contribution in [0.2, 0.25) is 5.02 Å². The fraction of sp³-hybridized carbons (Fsp3) is 0.167. The molecular weight excluding hydrogens is 398 g/mol. The summed E-state index contributed by atoms with van der Waals surface area (Å²) in [4.78, 5) is 16.6. The van der Waals surface area contributed by atoms with Crippen molar-refractivity contribution in [3.05, 3.63) is 94.8 Å². The molecule has 6 heteroatoms. The number of nitrogens with zero attached hydrogens (tertiary/aromatic N) is 2. The molecule has 0 aliphatic carbocycles. The minimum Gasteiger partial charge on any atom is -0.462 e. The summed E-state index contributed by atoms with van der Waals surface area (Å²) in [7, 11) is 0. The normalized spacial score (nSPS) is 10.9. The van der Waals surface area contributed by atoms with Crippen LogP contribution in [0.5, 0.6) is 0 Å². The summed E-state index contributed by atoms with van der Waals surface area (Å²) in [6.07, 6.45) is 0. The number of imidazole rings is 1. The molecule has 0 fully saturated rings. The van der Waals surface area contributed by atoms with Gasteiger partial charge in [-0.05, 0) is 61.0 Å². The highest BCUT2D eigenvalue weighted by Crippen LogP contribution is 2.20. The highest BCUT2D eigenvalue weighted by atomic mass is 35.5. The van der Waals surface area contributed by atoms with Crippen molar-refractivity contribution in [1.29, 1.82) is 0 Å². The van der Waals surface area contributed by atoms with Crippen molar-refractivity contribution in [3.63, 3.8) is 0 Å². The fourth-order valence-electron chi connectivity index (χ4n) is 3.33. The Labute approximate surface area is 180 Å². The van der Waals surface area contributed by atoms with E-state index in [1.165, 1.54) is 0 Å². The van der Waals surface area contributed by atoms with Gasteiger partial charge in [-0.1, -0.05) is 35.9 Å². The molecule has 1 aromatic heterocycles. The lowest BCUT2D eigenvalue weighted by molar-refractivity contribution is 0.0526. The molecule has 1 N–H and O–H groups in total. The third kappa shape index (κ3) is 4.47. The lowest BCUT2D eigenvalue weighted by atomic mass is 10.2. The van der Waals surface area contributed by atoms with Gasteiger partial charge >= 0.3 is 5.97 Å². The van der Waals surface area contributed by atoms with E-state index in [2.05, 4.69) is 16.0 Å². The van der Waals surface area contributed by atoms with Crippen molar-refractivity contribution in [2.24, 2.45) is 0 Å². The lowest BCUT2D eigenvalue weighted by Crippen LogP contribution is -2.10. The topological polar surface area (TPSA) is 56.1 Å². The molecule has 1 heterocycles. The van der Waals surface area contributed by atoms with Crippen LogP contribution in [0, 0.1) is 0 Å². The molecule has 0 saturated heterocycles. The number of carbonyl (C=O) groups excluding carboxylic acids is 1. The highest BCUT2D eigenvalue weighted by molar-refractivity contribution is 6.30. The number of hydrogen-bond donors (Lipinski definition) is 1. The highest BCUT2D eigenvalue weighted by Gasteiger charge is 2.11. The molecule has 0 aliphatic rings. The van der Waals surface area contributed by atoms with Crippen LogP contribution in [0.15, 0.2) is 72.8 Å². The first kappa shape index (κ1) is 20.0. The summed E-state index contributed by atoms with van der Waals surface area (Å²) in [6.45, 7) is 3.42. The van der Waals surface area contributed by atoms with Gasteiger partial charge in [0.1, 0.15) is 5.82 Å². The summed E-state index contributed by atoms with van der Waals surface area (Å²) in [6, 6.07) is 23.2. The Kier molecular flexibility index (Phi) is 6.00. The summed E-state index contributed by atoms with van der Waals surface area (Å²) < 4.78 is 7.24. The van der Waals surface area contributed by atoms with E-state index in [0.29, 0.717) is 25.3 Å². The number of hydrogen-bond acceptors (Lipinski definition) is 4. The number of halogens is 1. The SMILES string of the molecule is CCOC(=O)c1ccc(NCc2nc3ccccc3n2Cc2ccc(Cl)cc2)cc1. The van der Waals surface area contributed by atoms with Gasteiger partial charge in [-0.25, -0.2) is 9.78 Å². The Balaban J connectivity index is 1.55. The molecule has 152 valence electrons. The molecule has 4 rings (SSSR count). The predicted octanol–water partition coefficient (Wildman–Crippen LogP) is 5.53. The van der Waals surface area contributed by atoms with Crippen LogP contribution >= 0.6 is 11.6 Å². The second kappa shape index (κ2) is 9.01. The maximum Gasteiger partial charge on any atom is 0.338 e. The molecule has 0 bridgehead atoms. The van der Waals surface area contributed by atoms with Crippen molar-refractivity contribution in [2.45, 2.75) is 20.0 Å². The lowest BCUT2D eigenvalue weighted by Gasteiger charge is -2.11. The molecule has 0 spiro atoms. The summed E-state index contributed by atoms with van der Waals surface area (Å²) in [5.41, 5.74) is 4.65. The van der Waals surface area contributed by atoms with Crippen molar-refractivity contribution >= 4 is 34.3 Å². The molecule has 3 aromatic carbocycles. The standard InChI is InChI=1S/C24H22ClN3O2/c1-2-30-24(29)18-9-13-20(14-10-18)26-15-23-27-21-5-3-4-6-22(21)28(23)16-17-7-11-19(25)12-8-17/h3-14,26H,2,15-16H2,1H3. The van der Waals surface area contributed by atoms with Gasteiger partial charge in [-0.3, -0.25) is 0 Å². The van der Waals surface area contributed by atoms with Crippen LogP contribution in [-0.4, -0.2) is 22.1 Å². The molecule has 0 amide bonds. The molecule has 0 radical (unpaired) electrons. The van der Waals surface area contributed by atoms with E-state index in [0.717, 1.165) is 33.1 Å². The van der Waals surface area contributed by atoms with Gasteiger partial charge < -0.3 is 14.6 Å². The van der Waals surface area contributed by atoms with Crippen LogP contribution in [0.3, 0.4) is 0 Å². The van der Waals surface area contributed by atoms with Crippen molar-refractivity contribution in [1.82, 2.24) is 9.55 Å². The van der Waals surface area contributed by atoms with E-state index in [-0.39, 0.29) is 5.97 Å². The molecule has 5 nitrogen and oxygen atoms in total. The number of carbonyl (C=O) groups is 1. The van der Waals surface area contributed by atoms with Crippen LogP contribution in [0.25, 0.3) is 11.0 Å². The minimum absolute atomic E-state index is 0.311. The van der Waals surface area contributed by atoms with Crippen LogP contribution in [0.4, 0.5) is 5.69 Å². The quantitative estimate of drug-likeness (QED) is 0.400.